The molecule has 0 fully saturated rings. The molecule has 7 heteroatoms. The number of para-hydroxylation sites is 1. The van der Waals surface area contributed by atoms with Gasteiger partial charge in [0.05, 0.1) is 16.3 Å². The van der Waals surface area contributed by atoms with Crippen molar-refractivity contribution in [3.63, 3.8) is 0 Å². The quantitative estimate of drug-likeness (QED) is 0.489. The van der Waals surface area contributed by atoms with Crippen molar-refractivity contribution < 1.29 is 13.9 Å². The summed E-state index contributed by atoms with van der Waals surface area (Å²) >= 11 is 0. The standard InChI is InChI=1S/C20H14F2N3OP/c21-13-2-1-3-14(22)19(13)25-15-6-8-23-20-17(15)18(24-25)12-5-4-11(7-9-26)10-16(12)27-20/h1-6,8,10,26-27H,7,9H2. The molecule has 1 unspecified atom stereocenters. The molecule has 1 atom stereocenters. The van der Waals surface area contributed by atoms with E-state index in [0.29, 0.717) is 26.2 Å². The maximum Gasteiger partial charge on any atom is 0.151 e. The highest BCUT2D eigenvalue weighted by Crippen LogP contribution is 2.37. The van der Waals surface area contributed by atoms with Crippen LogP contribution in [-0.4, -0.2) is 26.5 Å². The van der Waals surface area contributed by atoms with E-state index in [1.165, 1.54) is 22.9 Å². The van der Waals surface area contributed by atoms with E-state index >= 15 is 0 Å². The second-order valence-corrected chi connectivity index (χ2v) is 7.63. The summed E-state index contributed by atoms with van der Waals surface area (Å²) in [6.45, 7) is 0.0855. The number of nitrogens with zero attached hydrogens (tertiary/aromatic N) is 3. The fourth-order valence-corrected chi connectivity index (χ4v) is 4.88. The molecule has 1 aliphatic heterocycles. The lowest BCUT2D eigenvalue weighted by Gasteiger charge is -2.15. The van der Waals surface area contributed by atoms with Crippen LogP contribution in [0.5, 0.6) is 0 Å². The maximum absolute atomic E-state index is 14.4. The molecular weight excluding hydrogens is 367 g/mol. The van der Waals surface area contributed by atoms with E-state index in [9.17, 15) is 13.9 Å². The summed E-state index contributed by atoms with van der Waals surface area (Å²) in [4.78, 5) is 4.49. The lowest BCUT2D eigenvalue weighted by Crippen LogP contribution is -2.16. The first kappa shape index (κ1) is 16.5. The van der Waals surface area contributed by atoms with Gasteiger partial charge in [-0.15, -0.1) is 0 Å². The van der Waals surface area contributed by atoms with Gasteiger partial charge in [-0.2, -0.15) is 5.10 Å². The Balaban J connectivity index is 1.80. The van der Waals surface area contributed by atoms with Crippen molar-refractivity contribution >= 4 is 30.2 Å². The first-order chi connectivity index (χ1) is 13.2. The highest BCUT2D eigenvalue weighted by molar-refractivity contribution is 7.56. The summed E-state index contributed by atoms with van der Waals surface area (Å²) in [6, 6.07) is 11.5. The maximum atomic E-state index is 14.4. The smallest absolute Gasteiger partial charge is 0.151 e. The summed E-state index contributed by atoms with van der Waals surface area (Å²) in [5.74, 6) is -1.32. The third-order valence-electron chi connectivity index (χ3n) is 4.74. The minimum Gasteiger partial charge on any atom is -0.396 e. The van der Waals surface area contributed by atoms with E-state index in [0.717, 1.165) is 27.3 Å². The zero-order chi connectivity index (χ0) is 18.5. The van der Waals surface area contributed by atoms with Gasteiger partial charge in [-0.25, -0.2) is 13.5 Å². The average Bonchev–Trinajstić information content (AvgIpc) is 3.03. The van der Waals surface area contributed by atoms with Crippen LogP contribution in [0.3, 0.4) is 0 Å². The summed E-state index contributed by atoms with van der Waals surface area (Å²) in [6.07, 6.45) is 2.23. The molecule has 0 spiro atoms. The van der Waals surface area contributed by atoms with Gasteiger partial charge in [-0.3, -0.25) is 4.98 Å². The van der Waals surface area contributed by atoms with Crippen molar-refractivity contribution in [2.24, 2.45) is 0 Å². The fraction of sp³-hybridized carbons (Fsp3) is 0.100. The van der Waals surface area contributed by atoms with Crippen molar-refractivity contribution in [3.8, 4) is 16.9 Å². The van der Waals surface area contributed by atoms with E-state index in [1.54, 1.807) is 12.3 Å². The van der Waals surface area contributed by atoms with E-state index in [4.69, 9.17) is 0 Å². The first-order valence-electron chi connectivity index (χ1n) is 8.50. The zero-order valence-electron chi connectivity index (χ0n) is 14.1. The van der Waals surface area contributed by atoms with Crippen LogP contribution in [0.25, 0.3) is 27.8 Å². The van der Waals surface area contributed by atoms with Crippen molar-refractivity contribution in [2.45, 2.75) is 6.42 Å². The van der Waals surface area contributed by atoms with E-state index in [2.05, 4.69) is 16.1 Å². The fourth-order valence-electron chi connectivity index (χ4n) is 3.52. The molecule has 4 aromatic rings. The topological polar surface area (TPSA) is 50.9 Å². The van der Waals surface area contributed by atoms with Crippen molar-refractivity contribution in [1.82, 2.24) is 14.8 Å². The molecule has 27 heavy (non-hydrogen) atoms. The summed E-state index contributed by atoms with van der Waals surface area (Å²) in [7, 11) is 0.321. The van der Waals surface area contributed by atoms with Gasteiger partial charge in [0, 0.05) is 18.4 Å². The minimum absolute atomic E-state index is 0.0855. The lowest BCUT2D eigenvalue weighted by atomic mass is 10.0. The summed E-state index contributed by atoms with van der Waals surface area (Å²) < 4.78 is 30.1. The Bertz CT molecular complexity index is 1190. The first-order valence-corrected chi connectivity index (χ1v) is 9.50. The van der Waals surface area contributed by atoms with Gasteiger partial charge in [-0.1, -0.05) is 24.3 Å². The molecule has 5 rings (SSSR count). The third-order valence-corrected chi connectivity index (χ3v) is 6.03. The highest BCUT2D eigenvalue weighted by atomic mass is 31.1. The van der Waals surface area contributed by atoms with Gasteiger partial charge in [0.1, 0.15) is 11.4 Å². The predicted molar refractivity (Wildman–Crippen MR) is 103 cm³/mol. The Morgan fingerprint density at radius 2 is 1.89 bits per heavy atom. The van der Waals surface area contributed by atoms with Crippen molar-refractivity contribution in [1.29, 1.82) is 0 Å². The van der Waals surface area contributed by atoms with Crippen LogP contribution in [0.2, 0.25) is 0 Å². The number of halogens is 2. The number of aliphatic hydroxyl groups excluding tert-OH is 1. The van der Waals surface area contributed by atoms with Gasteiger partial charge in [0.15, 0.2) is 11.6 Å². The number of aromatic nitrogens is 3. The Morgan fingerprint density at radius 1 is 1.07 bits per heavy atom. The van der Waals surface area contributed by atoms with Gasteiger partial charge >= 0.3 is 0 Å². The molecule has 2 aromatic heterocycles. The van der Waals surface area contributed by atoms with Crippen molar-refractivity contribution in [2.75, 3.05) is 6.61 Å². The Morgan fingerprint density at radius 3 is 2.67 bits per heavy atom. The molecule has 3 heterocycles. The van der Waals surface area contributed by atoms with Gasteiger partial charge in [0.2, 0.25) is 0 Å². The summed E-state index contributed by atoms with van der Waals surface area (Å²) in [5, 5.41) is 15.7. The molecule has 0 saturated heterocycles. The molecule has 0 aliphatic carbocycles. The highest BCUT2D eigenvalue weighted by Gasteiger charge is 2.26. The number of hydrogen-bond donors (Lipinski definition) is 1. The lowest BCUT2D eigenvalue weighted by molar-refractivity contribution is 0.299. The molecule has 0 amide bonds. The largest absolute Gasteiger partial charge is 0.396 e. The zero-order valence-corrected chi connectivity index (χ0v) is 15.1. The molecule has 4 nitrogen and oxygen atoms in total. The van der Waals surface area contributed by atoms with Gasteiger partial charge in [0.25, 0.3) is 0 Å². The SMILES string of the molecule is OCCc1ccc2c(c1)Pc1nccc3c1c-2nn3-c1c(F)cccc1F. The van der Waals surface area contributed by atoms with Crippen LogP contribution in [0.4, 0.5) is 8.78 Å². The second-order valence-electron chi connectivity index (χ2n) is 6.36. The monoisotopic (exact) mass is 381 g/mol. The molecule has 134 valence electrons. The van der Waals surface area contributed by atoms with Crippen molar-refractivity contribution in [3.05, 3.63) is 65.9 Å². The van der Waals surface area contributed by atoms with Crippen LogP contribution in [0, 0.1) is 11.6 Å². The number of hydrogen-bond acceptors (Lipinski definition) is 3. The van der Waals surface area contributed by atoms with Crippen LogP contribution in [0.1, 0.15) is 5.56 Å². The molecule has 0 bridgehead atoms. The van der Waals surface area contributed by atoms with E-state index in [1.807, 2.05) is 12.1 Å². The molecule has 2 aromatic carbocycles. The predicted octanol–water partition coefficient (Wildman–Crippen LogP) is 2.84. The van der Waals surface area contributed by atoms with E-state index < -0.39 is 11.6 Å². The molecule has 1 N–H and O–H groups in total. The van der Waals surface area contributed by atoms with Crippen LogP contribution >= 0.6 is 8.58 Å². The van der Waals surface area contributed by atoms with E-state index in [-0.39, 0.29) is 12.3 Å². The molecule has 1 aliphatic rings. The minimum atomic E-state index is -0.662. The average molecular weight is 381 g/mol. The molecular formula is C20H14F2N3OP. The van der Waals surface area contributed by atoms with Crippen LogP contribution < -0.4 is 10.7 Å². The molecule has 0 radical (unpaired) electrons. The number of benzene rings is 2. The van der Waals surface area contributed by atoms with Gasteiger partial charge in [-0.05, 0) is 44.1 Å². The number of fused-ring (bicyclic) bond motifs is 2. The van der Waals surface area contributed by atoms with Gasteiger partial charge < -0.3 is 5.11 Å². The Kier molecular flexibility index (Phi) is 3.78. The molecule has 0 saturated carbocycles. The second kappa shape index (κ2) is 6.19. The Hall–Kier alpha value is -2.69. The summed E-state index contributed by atoms with van der Waals surface area (Å²) in [5.41, 5.74) is 3.97. The number of pyridine rings is 1. The number of aliphatic hydroxyl groups is 1. The number of rotatable bonds is 3. The van der Waals surface area contributed by atoms with Crippen LogP contribution in [0.15, 0.2) is 48.7 Å². The van der Waals surface area contributed by atoms with Crippen LogP contribution in [-0.2, 0) is 6.42 Å². The normalized spacial score (nSPS) is 13.3. The Labute approximate surface area is 155 Å². The third kappa shape index (κ3) is 2.48.